The summed E-state index contributed by atoms with van der Waals surface area (Å²) in [6, 6.07) is 24.8. The molecule has 10 heteroatoms. The average molecular weight is 617 g/mol. The highest BCUT2D eigenvalue weighted by molar-refractivity contribution is 6.07. The Morgan fingerprint density at radius 3 is 1.83 bits per heavy atom. The van der Waals surface area contributed by atoms with E-state index in [9.17, 15) is 29.8 Å². The second-order valence-electron chi connectivity index (χ2n) is 11.3. The summed E-state index contributed by atoms with van der Waals surface area (Å²) in [5, 5.41) is 22.0. The molecule has 0 N–H and O–H groups in total. The summed E-state index contributed by atoms with van der Waals surface area (Å²) in [7, 11) is 0. The highest BCUT2D eigenvalue weighted by Gasteiger charge is 2.38. The van der Waals surface area contributed by atoms with Crippen molar-refractivity contribution < 1.29 is 19.4 Å². The van der Waals surface area contributed by atoms with E-state index in [0.717, 1.165) is 16.7 Å². The number of carbonyl (C=O) groups excluding carboxylic acids is 2. The maximum Gasteiger partial charge on any atom is 0.269 e. The van der Waals surface area contributed by atoms with Gasteiger partial charge in [-0.1, -0.05) is 35.4 Å². The SMILES string of the molecule is Cc1ccc(N(C(=O)/C=C/c2ccc([N+](=O)[O-])cc2)[C@@H]2C[C@@H](C)N(C(=O)/C=C/c3ccc([N+](=O)[O-])cc3)c3ccc(C)cc32)cc1. The van der Waals surface area contributed by atoms with Crippen LogP contribution in [0.15, 0.2) is 103 Å². The Kier molecular flexibility index (Phi) is 9.18. The lowest BCUT2D eigenvalue weighted by atomic mass is 9.88. The van der Waals surface area contributed by atoms with E-state index in [2.05, 4.69) is 0 Å². The van der Waals surface area contributed by atoms with Gasteiger partial charge in [0.25, 0.3) is 23.2 Å². The van der Waals surface area contributed by atoms with Crippen LogP contribution in [0.4, 0.5) is 22.7 Å². The van der Waals surface area contributed by atoms with Crippen LogP contribution in [0.2, 0.25) is 0 Å². The molecule has 4 aromatic carbocycles. The summed E-state index contributed by atoms with van der Waals surface area (Å²) in [5.74, 6) is -0.523. The number of non-ortho nitro benzene ring substituents is 2. The number of hydrogen-bond donors (Lipinski definition) is 0. The predicted molar refractivity (Wildman–Crippen MR) is 178 cm³/mol. The molecule has 1 aliphatic rings. The number of amides is 2. The van der Waals surface area contributed by atoms with Crippen LogP contribution in [-0.2, 0) is 9.59 Å². The van der Waals surface area contributed by atoms with Crippen molar-refractivity contribution in [1.29, 1.82) is 0 Å². The number of nitrogens with zero attached hydrogens (tertiary/aromatic N) is 4. The standard InChI is InChI=1S/C36H32N4O6/c1-24-4-13-29(14-5-24)38(36(42)21-12-28-9-17-31(18-10-28)40(45)46)34-23-26(3)37(33-19-6-25(2)22-32(33)34)35(41)20-11-27-7-15-30(16-8-27)39(43)44/h4-22,26,34H,23H2,1-3H3/b20-11+,21-12+/t26-,34-/m1/s1. The first-order valence-electron chi connectivity index (χ1n) is 14.7. The maximum atomic E-state index is 14.0. The van der Waals surface area contributed by atoms with E-state index in [1.807, 2.05) is 63.2 Å². The molecule has 2 atom stereocenters. The van der Waals surface area contributed by atoms with E-state index in [-0.39, 0.29) is 29.2 Å². The Morgan fingerprint density at radius 2 is 1.28 bits per heavy atom. The van der Waals surface area contributed by atoms with Crippen molar-refractivity contribution in [2.75, 3.05) is 9.80 Å². The zero-order valence-corrected chi connectivity index (χ0v) is 25.6. The molecular formula is C36H32N4O6. The molecule has 46 heavy (non-hydrogen) atoms. The number of benzene rings is 4. The third-order valence-electron chi connectivity index (χ3n) is 7.95. The smallest absolute Gasteiger partial charge is 0.269 e. The maximum absolute atomic E-state index is 14.0. The molecular weight excluding hydrogens is 584 g/mol. The number of nitro benzene ring substituents is 2. The van der Waals surface area contributed by atoms with Gasteiger partial charge in [-0.05, 0) is 98.5 Å². The van der Waals surface area contributed by atoms with Crippen molar-refractivity contribution >= 4 is 46.7 Å². The minimum atomic E-state index is -0.473. The zero-order chi connectivity index (χ0) is 33.0. The molecule has 1 aliphatic heterocycles. The number of nitro groups is 2. The van der Waals surface area contributed by atoms with Gasteiger partial charge in [0.05, 0.1) is 15.9 Å². The largest absolute Gasteiger partial charge is 0.306 e. The fraction of sp³-hybridized carbons (Fsp3) is 0.167. The normalized spacial score (nSPS) is 15.9. The molecule has 2 amide bonds. The fourth-order valence-corrected chi connectivity index (χ4v) is 5.61. The first-order chi connectivity index (χ1) is 22.0. The van der Waals surface area contributed by atoms with Crippen molar-refractivity contribution in [2.24, 2.45) is 0 Å². The molecule has 0 fully saturated rings. The third kappa shape index (κ3) is 6.91. The average Bonchev–Trinajstić information content (AvgIpc) is 3.04. The molecule has 0 bridgehead atoms. The van der Waals surface area contributed by atoms with Crippen LogP contribution in [0.25, 0.3) is 12.2 Å². The number of aryl methyl sites for hydroxylation is 2. The molecule has 1 heterocycles. The Morgan fingerprint density at radius 1 is 0.761 bits per heavy atom. The van der Waals surface area contributed by atoms with Gasteiger partial charge >= 0.3 is 0 Å². The van der Waals surface area contributed by atoms with Gasteiger partial charge in [-0.2, -0.15) is 0 Å². The molecule has 232 valence electrons. The van der Waals surface area contributed by atoms with Crippen LogP contribution in [0.1, 0.15) is 47.2 Å². The highest BCUT2D eigenvalue weighted by atomic mass is 16.6. The Bertz CT molecular complexity index is 1850. The molecule has 4 aromatic rings. The molecule has 0 unspecified atom stereocenters. The van der Waals surface area contributed by atoms with Crippen LogP contribution in [0.3, 0.4) is 0 Å². The number of anilines is 2. The van der Waals surface area contributed by atoms with Crippen molar-refractivity contribution in [3.05, 3.63) is 151 Å². The Balaban J connectivity index is 1.49. The monoisotopic (exact) mass is 616 g/mol. The van der Waals surface area contributed by atoms with E-state index >= 15 is 0 Å². The second-order valence-corrected chi connectivity index (χ2v) is 11.3. The van der Waals surface area contributed by atoms with Gasteiger partial charge in [0.1, 0.15) is 0 Å². The van der Waals surface area contributed by atoms with Gasteiger partial charge < -0.3 is 9.80 Å². The number of carbonyl (C=O) groups is 2. The molecule has 5 rings (SSSR count). The first-order valence-corrected chi connectivity index (χ1v) is 14.7. The summed E-state index contributed by atoms with van der Waals surface area (Å²) in [4.78, 5) is 52.2. The van der Waals surface area contributed by atoms with Crippen molar-refractivity contribution in [3.8, 4) is 0 Å². The minimum absolute atomic E-state index is 0.0289. The van der Waals surface area contributed by atoms with Crippen molar-refractivity contribution in [1.82, 2.24) is 0 Å². The zero-order valence-electron chi connectivity index (χ0n) is 25.6. The van der Waals surface area contributed by atoms with Crippen LogP contribution < -0.4 is 9.80 Å². The van der Waals surface area contributed by atoms with Crippen LogP contribution in [0.5, 0.6) is 0 Å². The van der Waals surface area contributed by atoms with Crippen LogP contribution in [0, 0.1) is 34.1 Å². The van der Waals surface area contributed by atoms with Gasteiger partial charge in [-0.25, -0.2) is 0 Å². The van der Waals surface area contributed by atoms with Gasteiger partial charge in [-0.15, -0.1) is 0 Å². The van der Waals surface area contributed by atoms with Gasteiger partial charge in [0.2, 0.25) is 0 Å². The van der Waals surface area contributed by atoms with E-state index in [1.54, 1.807) is 46.2 Å². The number of rotatable bonds is 8. The molecule has 0 saturated heterocycles. The molecule has 0 saturated carbocycles. The highest BCUT2D eigenvalue weighted by Crippen LogP contribution is 2.43. The second kappa shape index (κ2) is 13.4. The van der Waals surface area contributed by atoms with Gasteiger partial charge in [0.15, 0.2) is 0 Å². The van der Waals surface area contributed by atoms with Crippen LogP contribution in [-0.4, -0.2) is 27.7 Å². The lowest BCUT2D eigenvalue weighted by molar-refractivity contribution is -0.385. The van der Waals surface area contributed by atoms with Crippen molar-refractivity contribution in [3.63, 3.8) is 0 Å². The predicted octanol–water partition coefficient (Wildman–Crippen LogP) is 7.75. The Hall–Kier alpha value is -5.90. The quantitative estimate of drug-likeness (QED) is 0.113. The minimum Gasteiger partial charge on any atom is -0.306 e. The van der Waals surface area contributed by atoms with E-state index < -0.39 is 15.9 Å². The first kappa shape index (κ1) is 31.5. The molecule has 0 spiro atoms. The fourth-order valence-electron chi connectivity index (χ4n) is 5.61. The third-order valence-corrected chi connectivity index (χ3v) is 7.95. The summed E-state index contributed by atoms with van der Waals surface area (Å²) in [6.45, 7) is 5.87. The van der Waals surface area contributed by atoms with Gasteiger partial charge in [-0.3, -0.25) is 29.8 Å². The summed E-state index contributed by atoms with van der Waals surface area (Å²) >= 11 is 0. The number of hydrogen-bond acceptors (Lipinski definition) is 6. The molecule has 0 aromatic heterocycles. The molecule has 10 nitrogen and oxygen atoms in total. The lowest BCUT2D eigenvalue weighted by Gasteiger charge is -2.43. The number of fused-ring (bicyclic) bond motifs is 1. The van der Waals surface area contributed by atoms with Crippen molar-refractivity contribution in [2.45, 2.75) is 39.3 Å². The molecule has 0 aliphatic carbocycles. The van der Waals surface area contributed by atoms with E-state index in [4.69, 9.17) is 0 Å². The molecule has 0 radical (unpaired) electrons. The lowest BCUT2D eigenvalue weighted by Crippen LogP contribution is -2.47. The summed E-state index contributed by atoms with van der Waals surface area (Å²) in [6.07, 6.45) is 6.64. The van der Waals surface area contributed by atoms with Crippen LogP contribution >= 0.6 is 0 Å². The summed E-state index contributed by atoms with van der Waals surface area (Å²) in [5.41, 5.74) is 5.48. The van der Waals surface area contributed by atoms with E-state index in [0.29, 0.717) is 28.9 Å². The topological polar surface area (TPSA) is 127 Å². The van der Waals surface area contributed by atoms with E-state index in [1.165, 1.54) is 36.4 Å². The van der Waals surface area contributed by atoms with Gasteiger partial charge in [0, 0.05) is 53.8 Å². The summed E-state index contributed by atoms with van der Waals surface area (Å²) < 4.78 is 0. The Labute approximate surface area is 266 Å².